The number of amides is 1. The molecule has 0 N–H and O–H groups in total. The van der Waals surface area contributed by atoms with Crippen LogP contribution in [0.2, 0.25) is 0 Å². The van der Waals surface area contributed by atoms with Gasteiger partial charge in [-0.2, -0.15) is 15.4 Å². The summed E-state index contributed by atoms with van der Waals surface area (Å²) >= 11 is 4.66. The van der Waals surface area contributed by atoms with Crippen LogP contribution in [0.1, 0.15) is 21.7 Å². The number of nitriles is 1. The topological polar surface area (TPSA) is 126 Å². The summed E-state index contributed by atoms with van der Waals surface area (Å²) in [5, 5.41) is 25.4. The van der Waals surface area contributed by atoms with Crippen LogP contribution in [-0.4, -0.2) is 22.0 Å². The van der Waals surface area contributed by atoms with E-state index in [-0.39, 0.29) is 5.76 Å². The second-order valence-corrected chi connectivity index (χ2v) is 8.02. The highest BCUT2D eigenvalue weighted by Gasteiger charge is 2.21. The summed E-state index contributed by atoms with van der Waals surface area (Å²) < 4.78 is 6.78. The number of hydrazone groups is 1. The Bertz CT molecular complexity index is 1370. The molecule has 0 aliphatic heterocycles. The van der Waals surface area contributed by atoms with E-state index in [0.29, 0.717) is 21.8 Å². The minimum Gasteiger partial charge on any atom is -0.400 e. The Balaban J connectivity index is 1.74. The van der Waals surface area contributed by atoms with Crippen molar-refractivity contribution in [3.63, 3.8) is 0 Å². The van der Waals surface area contributed by atoms with Gasteiger partial charge < -0.3 is 4.42 Å². The highest BCUT2D eigenvalue weighted by Crippen LogP contribution is 2.32. The Morgan fingerprint density at radius 3 is 2.71 bits per heavy atom. The van der Waals surface area contributed by atoms with Crippen LogP contribution < -0.4 is 5.01 Å². The molecule has 2 heterocycles. The van der Waals surface area contributed by atoms with Gasteiger partial charge in [-0.3, -0.25) is 14.9 Å². The minimum atomic E-state index is -0.664. The molecule has 0 spiro atoms. The molecule has 31 heavy (non-hydrogen) atoms. The lowest BCUT2D eigenvalue weighted by molar-refractivity contribution is -0.402. The molecule has 152 valence electrons. The van der Waals surface area contributed by atoms with Crippen LogP contribution in [0.15, 0.2) is 68.6 Å². The van der Waals surface area contributed by atoms with Gasteiger partial charge in [0.05, 0.1) is 34.1 Å². The van der Waals surface area contributed by atoms with Crippen molar-refractivity contribution in [3.05, 3.63) is 86.1 Å². The third-order valence-corrected chi connectivity index (χ3v) is 5.55. The molecular formula is C20H10BrN5O4S. The average Bonchev–Trinajstić information content (AvgIpc) is 3.41. The maximum Gasteiger partial charge on any atom is 0.433 e. The van der Waals surface area contributed by atoms with Gasteiger partial charge >= 0.3 is 5.88 Å². The number of furan rings is 1. The fourth-order valence-electron chi connectivity index (χ4n) is 2.60. The first kappa shape index (κ1) is 20.4. The molecule has 0 saturated heterocycles. The summed E-state index contributed by atoms with van der Waals surface area (Å²) in [4.78, 5) is 27.8. The molecule has 11 heteroatoms. The first-order valence-corrected chi connectivity index (χ1v) is 10.2. The summed E-state index contributed by atoms with van der Waals surface area (Å²) in [5.41, 5.74) is 1.39. The van der Waals surface area contributed by atoms with E-state index in [9.17, 15) is 14.9 Å². The highest BCUT2D eigenvalue weighted by atomic mass is 79.9. The minimum absolute atomic E-state index is 0.105. The van der Waals surface area contributed by atoms with Gasteiger partial charge in [0.15, 0.2) is 5.76 Å². The molecule has 9 nitrogen and oxygen atoms in total. The van der Waals surface area contributed by atoms with Crippen LogP contribution in [0.5, 0.6) is 0 Å². The Hall–Kier alpha value is -3.88. The van der Waals surface area contributed by atoms with E-state index in [1.54, 1.807) is 0 Å². The van der Waals surface area contributed by atoms with Crippen LogP contribution in [0.3, 0.4) is 0 Å². The summed E-state index contributed by atoms with van der Waals surface area (Å²) in [6.07, 6.45) is 1.20. The molecule has 4 aromatic rings. The zero-order valence-electron chi connectivity index (χ0n) is 15.4. The predicted molar refractivity (Wildman–Crippen MR) is 118 cm³/mol. The fraction of sp³-hybridized carbons (Fsp3) is 0. The van der Waals surface area contributed by atoms with Gasteiger partial charge in [-0.15, -0.1) is 0 Å². The molecule has 2 aromatic heterocycles. The lowest BCUT2D eigenvalue weighted by Gasteiger charge is -2.13. The van der Waals surface area contributed by atoms with Crippen molar-refractivity contribution in [3.8, 4) is 6.07 Å². The molecule has 0 atom stereocenters. The molecular weight excluding hydrogens is 486 g/mol. The van der Waals surface area contributed by atoms with Crippen LogP contribution in [0.4, 0.5) is 11.0 Å². The fourth-order valence-corrected chi connectivity index (χ4v) is 4.07. The molecule has 0 aliphatic carbocycles. The second-order valence-electron chi connectivity index (χ2n) is 6.09. The molecule has 0 bridgehead atoms. The number of carbonyl (C=O) groups is 1. The highest BCUT2D eigenvalue weighted by molar-refractivity contribution is 9.10. The summed E-state index contributed by atoms with van der Waals surface area (Å²) in [7, 11) is 0. The van der Waals surface area contributed by atoms with Crippen LogP contribution >= 0.6 is 27.3 Å². The van der Waals surface area contributed by atoms with Crippen molar-refractivity contribution in [2.75, 3.05) is 5.01 Å². The largest absolute Gasteiger partial charge is 0.433 e. The molecule has 0 radical (unpaired) electrons. The van der Waals surface area contributed by atoms with Crippen LogP contribution in [0.25, 0.3) is 10.2 Å². The van der Waals surface area contributed by atoms with E-state index >= 15 is 0 Å². The van der Waals surface area contributed by atoms with Gasteiger partial charge in [0.1, 0.15) is 4.92 Å². The normalized spacial score (nSPS) is 11.0. The van der Waals surface area contributed by atoms with E-state index in [2.05, 4.69) is 26.0 Å². The lowest BCUT2D eigenvalue weighted by Crippen LogP contribution is -2.25. The first-order chi connectivity index (χ1) is 14.9. The number of nitrogens with zero attached hydrogens (tertiary/aromatic N) is 5. The van der Waals surface area contributed by atoms with Gasteiger partial charge in [-0.05, 0) is 48.5 Å². The smallest absolute Gasteiger partial charge is 0.400 e. The average molecular weight is 496 g/mol. The molecule has 0 unspecified atom stereocenters. The molecule has 0 fully saturated rings. The van der Waals surface area contributed by atoms with E-state index in [4.69, 9.17) is 9.68 Å². The number of rotatable bonds is 5. The SMILES string of the molecule is N#Cc1ccc(C(=O)N(/N=C/c2ccc([N+](=O)[O-])o2)c2nc3ccc(Br)cc3s2)cc1. The van der Waals surface area contributed by atoms with Crippen molar-refractivity contribution in [2.45, 2.75) is 0 Å². The van der Waals surface area contributed by atoms with Crippen molar-refractivity contribution >= 4 is 60.6 Å². The van der Waals surface area contributed by atoms with Crippen molar-refractivity contribution in [1.29, 1.82) is 5.26 Å². The summed E-state index contributed by atoms with van der Waals surface area (Å²) in [6.45, 7) is 0. The molecule has 2 aromatic carbocycles. The number of benzene rings is 2. The summed E-state index contributed by atoms with van der Waals surface area (Å²) in [5.74, 6) is -0.815. The first-order valence-electron chi connectivity index (χ1n) is 8.63. The number of hydrogen-bond acceptors (Lipinski definition) is 8. The van der Waals surface area contributed by atoms with Crippen LogP contribution in [-0.2, 0) is 0 Å². The zero-order valence-corrected chi connectivity index (χ0v) is 17.8. The van der Waals surface area contributed by atoms with Gasteiger partial charge in [-0.25, -0.2) is 4.98 Å². The van der Waals surface area contributed by atoms with Crippen LogP contribution in [0, 0.1) is 21.4 Å². The standard InChI is InChI=1S/C20H10BrN5O4S/c21-14-5-7-16-17(9-14)31-20(24-16)25(19(27)13-3-1-12(10-22)2-4-13)23-11-15-6-8-18(30-15)26(28)29/h1-9,11H/b23-11+. The number of thiazole rings is 1. The van der Waals surface area contributed by atoms with Crippen molar-refractivity contribution < 1.29 is 14.1 Å². The lowest BCUT2D eigenvalue weighted by atomic mass is 10.1. The number of aromatic nitrogens is 1. The Morgan fingerprint density at radius 2 is 2.03 bits per heavy atom. The third-order valence-electron chi connectivity index (χ3n) is 4.07. The Kier molecular flexibility index (Phi) is 5.57. The number of fused-ring (bicyclic) bond motifs is 1. The molecule has 0 saturated carbocycles. The number of halogens is 1. The van der Waals surface area contributed by atoms with E-state index in [1.165, 1.54) is 53.9 Å². The summed E-state index contributed by atoms with van der Waals surface area (Å²) in [6, 6.07) is 16.2. The van der Waals surface area contributed by atoms with Gasteiger partial charge in [0, 0.05) is 10.0 Å². The zero-order chi connectivity index (χ0) is 22.0. The monoisotopic (exact) mass is 495 g/mol. The molecule has 1 amide bonds. The number of hydrogen-bond donors (Lipinski definition) is 0. The molecule has 0 aliphatic rings. The quantitative estimate of drug-likeness (QED) is 0.215. The molecule has 4 rings (SSSR count). The van der Waals surface area contributed by atoms with E-state index < -0.39 is 16.7 Å². The van der Waals surface area contributed by atoms with Crippen molar-refractivity contribution in [1.82, 2.24) is 4.98 Å². The van der Waals surface area contributed by atoms with Gasteiger partial charge in [0.2, 0.25) is 5.13 Å². The third kappa shape index (κ3) is 4.35. The second kappa shape index (κ2) is 8.47. The number of nitro groups is 1. The van der Waals surface area contributed by atoms with E-state index in [1.807, 2.05) is 24.3 Å². The Labute approximate surface area is 187 Å². The van der Waals surface area contributed by atoms with E-state index in [0.717, 1.165) is 14.2 Å². The number of carbonyl (C=O) groups excluding carboxylic acids is 1. The Morgan fingerprint density at radius 1 is 1.26 bits per heavy atom. The predicted octanol–water partition coefficient (Wildman–Crippen LogP) is 5.11. The maximum absolute atomic E-state index is 13.2. The van der Waals surface area contributed by atoms with Gasteiger partial charge in [-0.1, -0.05) is 27.3 Å². The van der Waals surface area contributed by atoms with Gasteiger partial charge in [0.25, 0.3) is 5.91 Å². The number of anilines is 1. The maximum atomic E-state index is 13.2. The van der Waals surface area contributed by atoms with Crippen molar-refractivity contribution in [2.24, 2.45) is 5.10 Å².